The van der Waals surface area contributed by atoms with Crippen molar-refractivity contribution in [1.82, 2.24) is 19.9 Å². The van der Waals surface area contributed by atoms with E-state index < -0.39 is 0 Å². The summed E-state index contributed by atoms with van der Waals surface area (Å²) in [6.07, 6.45) is 0. The number of hydrogen-bond acceptors (Lipinski definition) is 8. The number of thioether (sulfide) groups is 2. The zero-order chi connectivity index (χ0) is 25.7. The second-order valence-corrected chi connectivity index (χ2v) is 9.76. The molecule has 0 radical (unpaired) electrons. The zero-order valence-electron chi connectivity index (χ0n) is 19.4. The van der Waals surface area contributed by atoms with E-state index in [9.17, 15) is 19.2 Å². The standard InChI is InChI=1S/C24H22N6O4S2/c1-13-7-19(31)29-23(25-13)35-11-21(33)27-17-5-3-15-4-6-18(10-16(15)9-17)28-22(34)12-36-24-26-14(2)8-20(32)30-24/h3-10H,11-12H2,1-2H3,(H,27,33)(H,28,34)(H,25,29,31)(H,26,30,32). The summed E-state index contributed by atoms with van der Waals surface area (Å²) in [6.45, 7) is 3.43. The molecule has 0 saturated carbocycles. The molecule has 12 heteroatoms. The Balaban J connectivity index is 1.36. The second-order valence-electron chi connectivity index (χ2n) is 7.83. The summed E-state index contributed by atoms with van der Waals surface area (Å²) in [4.78, 5) is 61.5. The van der Waals surface area contributed by atoms with E-state index in [-0.39, 0.29) is 34.4 Å². The van der Waals surface area contributed by atoms with Crippen LogP contribution in [0.1, 0.15) is 11.4 Å². The average Bonchev–Trinajstić information content (AvgIpc) is 2.80. The van der Waals surface area contributed by atoms with Gasteiger partial charge in [0.15, 0.2) is 10.3 Å². The highest BCUT2D eigenvalue weighted by Gasteiger charge is 2.09. The minimum atomic E-state index is -0.261. The Hall–Kier alpha value is -3.90. The molecule has 184 valence electrons. The van der Waals surface area contributed by atoms with Crippen molar-refractivity contribution in [1.29, 1.82) is 0 Å². The Kier molecular flexibility index (Phi) is 7.86. The van der Waals surface area contributed by atoms with E-state index in [4.69, 9.17) is 0 Å². The molecule has 0 atom stereocenters. The van der Waals surface area contributed by atoms with Gasteiger partial charge in [0.05, 0.1) is 11.5 Å². The number of carbonyl (C=O) groups is 2. The predicted molar refractivity (Wildman–Crippen MR) is 142 cm³/mol. The van der Waals surface area contributed by atoms with Gasteiger partial charge < -0.3 is 20.6 Å². The highest BCUT2D eigenvalue weighted by molar-refractivity contribution is 8.00. The molecule has 0 bridgehead atoms. The molecule has 0 aliphatic heterocycles. The number of amides is 2. The summed E-state index contributed by atoms with van der Waals surface area (Å²) in [5.41, 5.74) is 1.85. The fraction of sp³-hybridized carbons (Fsp3) is 0.167. The van der Waals surface area contributed by atoms with Crippen LogP contribution in [-0.4, -0.2) is 43.3 Å². The molecule has 0 saturated heterocycles. The molecule has 0 spiro atoms. The monoisotopic (exact) mass is 522 g/mol. The lowest BCUT2D eigenvalue weighted by atomic mass is 10.1. The Bertz CT molecular complexity index is 1450. The van der Waals surface area contributed by atoms with Crippen molar-refractivity contribution in [2.75, 3.05) is 22.1 Å². The first kappa shape index (κ1) is 25.2. The molecule has 2 aromatic carbocycles. The first-order valence-electron chi connectivity index (χ1n) is 10.8. The van der Waals surface area contributed by atoms with Gasteiger partial charge in [-0.25, -0.2) is 9.97 Å². The third kappa shape index (κ3) is 7.06. The van der Waals surface area contributed by atoms with Crippen molar-refractivity contribution in [3.63, 3.8) is 0 Å². The number of rotatable bonds is 8. The molecule has 0 fully saturated rings. The van der Waals surface area contributed by atoms with Crippen LogP contribution >= 0.6 is 23.5 Å². The maximum absolute atomic E-state index is 12.4. The highest BCUT2D eigenvalue weighted by atomic mass is 32.2. The minimum absolute atomic E-state index is 0.0826. The number of carbonyl (C=O) groups excluding carboxylic acids is 2. The first-order valence-corrected chi connectivity index (χ1v) is 12.8. The van der Waals surface area contributed by atoms with Gasteiger partial charge in [0.25, 0.3) is 11.1 Å². The summed E-state index contributed by atoms with van der Waals surface area (Å²) in [7, 11) is 0. The molecule has 0 aliphatic carbocycles. The molecule has 4 N–H and O–H groups in total. The number of hydrogen-bond donors (Lipinski definition) is 4. The average molecular weight is 523 g/mol. The number of nitrogens with one attached hydrogen (secondary N) is 4. The number of anilines is 2. The Morgan fingerprint density at radius 3 is 1.58 bits per heavy atom. The summed E-state index contributed by atoms with van der Waals surface area (Å²) in [6, 6.07) is 13.7. The van der Waals surface area contributed by atoms with E-state index in [2.05, 4.69) is 30.6 Å². The third-order valence-electron chi connectivity index (χ3n) is 4.78. The summed E-state index contributed by atoms with van der Waals surface area (Å²) >= 11 is 2.28. The van der Waals surface area contributed by atoms with Gasteiger partial charge in [0.2, 0.25) is 11.8 Å². The van der Waals surface area contributed by atoms with Crippen molar-refractivity contribution in [3.8, 4) is 0 Å². The molecule has 0 aliphatic rings. The highest BCUT2D eigenvalue weighted by Crippen LogP contribution is 2.24. The number of fused-ring (bicyclic) bond motifs is 1. The number of H-pyrrole nitrogens is 2. The summed E-state index contributed by atoms with van der Waals surface area (Å²) < 4.78 is 0. The van der Waals surface area contributed by atoms with Crippen LogP contribution in [0.3, 0.4) is 0 Å². The van der Waals surface area contributed by atoms with Gasteiger partial charge in [0, 0.05) is 34.9 Å². The van der Waals surface area contributed by atoms with Crippen LogP contribution in [-0.2, 0) is 9.59 Å². The second kappa shape index (κ2) is 11.2. The molecular formula is C24H22N6O4S2. The molecule has 4 aromatic rings. The number of aromatic nitrogens is 4. The molecule has 10 nitrogen and oxygen atoms in total. The van der Waals surface area contributed by atoms with Gasteiger partial charge in [-0.3, -0.25) is 19.2 Å². The molecule has 2 amide bonds. The van der Waals surface area contributed by atoms with Crippen LogP contribution in [0.25, 0.3) is 10.8 Å². The van der Waals surface area contributed by atoms with Crippen LogP contribution in [0, 0.1) is 13.8 Å². The minimum Gasteiger partial charge on any atom is -0.325 e. The van der Waals surface area contributed by atoms with Crippen molar-refractivity contribution in [2.24, 2.45) is 0 Å². The number of aryl methyl sites for hydroxylation is 2. The third-order valence-corrected chi connectivity index (χ3v) is 6.53. The van der Waals surface area contributed by atoms with Crippen LogP contribution in [0.15, 0.2) is 68.4 Å². The molecule has 0 unspecified atom stereocenters. The smallest absolute Gasteiger partial charge is 0.251 e. The lowest BCUT2D eigenvalue weighted by molar-refractivity contribution is -0.114. The molecular weight excluding hydrogens is 500 g/mol. The maximum atomic E-state index is 12.4. The predicted octanol–water partition coefficient (Wildman–Crippen LogP) is 3.08. The Morgan fingerprint density at radius 2 is 1.17 bits per heavy atom. The van der Waals surface area contributed by atoms with E-state index in [1.165, 1.54) is 12.1 Å². The van der Waals surface area contributed by atoms with E-state index in [0.717, 1.165) is 34.3 Å². The lowest BCUT2D eigenvalue weighted by Crippen LogP contribution is -2.16. The van der Waals surface area contributed by atoms with Crippen molar-refractivity contribution < 1.29 is 9.59 Å². The SMILES string of the molecule is Cc1cc(=O)[nH]c(SCC(=O)Nc2ccc3ccc(NC(=O)CSc4nc(C)cc(=O)[nH]4)cc3c2)n1. The van der Waals surface area contributed by atoms with E-state index in [1.54, 1.807) is 26.0 Å². The summed E-state index contributed by atoms with van der Waals surface area (Å²) in [5.74, 6) is -0.320. The first-order chi connectivity index (χ1) is 17.2. The number of benzene rings is 2. The Morgan fingerprint density at radius 1 is 0.722 bits per heavy atom. The normalized spacial score (nSPS) is 10.8. The topological polar surface area (TPSA) is 150 Å². The van der Waals surface area contributed by atoms with Crippen LogP contribution in [0.4, 0.5) is 11.4 Å². The van der Waals surface area contributed by atoms with Gasteiger partial charge >= 0.3 is 0 Å². The number of aromatic amines is 2. The van der Waals surface area contributed by atoms with Crippen molar-refractivity contribution in [3.05, 3.63) is 80.6 Å². The van der Waals surface area contributed by atoms with Gasteiger partial charge in [-0.15, -0.1) is 0 Å². The molecule has 2 aromatic heterocycles. The van der Waals surface area contributed by atoms with Gasteiger partial charge in [-0.05, 0) is 48.9 Å². The fourth-order valence-electron chi connectivity index (χ4n) is 3.30. The van der Waals surface area contributed by atoms with E-state index in [1.807, 2.05) is 24.3 Å². The van der Waals surface area contributed by atoms with Gasteiger partial charge in [0.1, 0.15) is 0 Å². The molecule has 4 rings (SSSR count). The molecule has 36 heavy (non-hydrogen) atoms. The van der Waals surface area contributed by atoms with Crippen LogP contribution in [0.2, 0.25) is 0 Å². The largest absolute Gasteiger partial charge is 0.325 e. The molecule has 2 heterocycles. The quantitative estimate of drug-likeness (QED) is 0.204. The zero-order valence-corrected chi connectivity index (χ0v) is 21.0. The van der Waals surface area contributed by atoms with Crippen LogP contribution in [0.5, 0.6) is 0 Å². The summed E-state index contributed by atoms with van der Waals surface area (Å²) in [5, 5.41) is 8.22. The van der Waals surface area contributed by atoms with Crippen molar-refractivity contribution >= 4 is 57.5 Å². The van der Waals surface area contributed by atoms with Crippen LogP contribution < -0.4 is 21.8 Å². The van der Waals surface area contributed by atoms with E-state index >= 15 is 0 Å². The van der Waals surface area contributed by atoms with Crippen molar-refractivity contribution in [2.45, 2.75) is 24.2 Å². The van der Waals surface area contributed by atoms with E-state index in [0.29, 0.717) is 33.1 Å². The Labute approximate surface area is 213 Å². The number of nitrogens with zero attached hydrogens (tertiary/aromatic N) is 2. The maximum Gasteiger partial charge on any atom is 0.251 e. The van der Waals surface area contributed by atoms with Gasteiger partial charge in [-0.2, -0.15) is 0 Å². The lowest BCUT2D eigenvalue weighted by Gasteiger charge is -2.09. The fourth-order valence-corrected chi connectivity index (χ4v) is 4.75. The van der Waals surface area contributed by atoms with Gasteiger partial charge in [-0.1, -0.05) is 35.7 Å².